The second kappa shape index (κ2) is 7.45. The summed E-state index contributed by atoms with van der Waals surface area (Å²) in [4.78, 5) is 39.4. The molecule has 8 heteroatoms. The third-order valence-electron chi connectivity index (χ3n) is 4.06. The van der Waals surface area contributed by atoms with Crippen molar-refractivity contribution in [1.82, 2.24) is 9.80 Å². The van der Waals surface area contributed by atoms with E-state index in [1.807, 2.05) is 0 Å². The number of morpholine rings is 1. The zero-order valence-corrected chi connectivity index (χ0v) is 13.6. The van der Waals surface area contributed by atoms with Crippen LogP contribution in [-0.4, -0.2) is 72.1 Å². The second-order valence-corrected chi connectivity index (χ2v) is 5.65. The molecule has 0 saturated carbocycles. The molecule has 0 radical (unpaired) electrons. The molecule has 0 atom stereocenters. The molecule has 8 nitrogen and oxygen atoms in total. The number of amides is 3. The molecule has 0 spiro atoms. The Morgan fingerprint density at radius 3 is 2.64 bits per heavy atom. The zero-order valence-electron chi connectivity index (χ0n) is 13.6. The Labute approximate surface area is 144 Å². The summed E-state index contributed by atoms with van der Waals surface area (Å²) in [5.74, 6) is -1.16. The fourth-order valence-corrected chi connectivity index (χ4v) is 2.77. The number of aliphatic hydroxyl groups is 1. The molecular formula is C17H19N3O5. The number of carbonyl (C=O) groups excluding carboxylic acids is 3. The van der Waals surface area contributed by atoms with E-state index < -0.39 is 11.8 Å². The molecule has 0 bridgehead atoms. The average Bonchev–Trinajstić information content (AvgIpc) is 2.90. The quantitative estimate of drug-likeness (QED) is 0.718. The lowest BCUT2D eigenvalue weighted by molar-refractivity contribution is -0.137. The first kappa shape index (κ1) is 17.1. The number of para-hydroxylation sites is 1. The highest BCUT2D eigenvalue weighted by atomic mass is 16.5. The number of hydrogen-bond acceptors (Lipinski definition) is 6. The van der Waals surface area contributed by atoms with Crippen LogP contribution in [0.25, 0.3) is 0 Å². The van der Waals surface area contributed by atoms with Crippen LogP contribution in [-0.2, 0) is 14.3 Å². The Kier molecular flexibility index (Phi) is 5.11. The van der Waals surface area contributed by atoms with E-state index in [2.05, 4.69) is 5.32 Å². The summed E-state index contributed by atoms with van der Waals surface area (Å²) in [5, 5.41) is 11.8. The van der Waals surface area contributed by atoms with Crippen molar-refractivity contribution in [3.63, 3.8) is 0 Å². The predicted molar refractivity (Wildman–Crippen MR) is 88.7 cm³/mol. The van der Waals surface area contributed by atoms with Crippen LogP contribution in [0.4, 0.5) is 5.69 Å². The van der Waals surface area contributed by atoms with Gasteiger partial charge in [0, 0.05) is 19.2 Å². The van der Waals surface area contributed by atoms with Crippen LogP contribution in [0.1, 0.15) is 10.4 Å². The summed E-state index contributed by atoms with van der Waals surface area (Å²) in [5.41, 5.74) is 0.962. The molecule has 2 aliphatic heterocycles. The van der Waals surface area contributed by atoms with Gasteiger partial charge in [-0.2, -0.15) is 0 Å². The fourth-order valence-electron chi connectivity index (χ4n) is 2.77. The van der Waals surface area contributed by atoms with Crippen LogP contribution in [0.2, 0.25) is 0 Å². The number of aliphatic hydroxyl groups excluding tert-OH is 1. The van der Waals surface area contributed by atoms with Gasteiger partial charge in [0.2, 0.25) is 0 Å². The fraction of sp³-hybridized carbons (Fsp3) is 0.353. The number of nitrogens with zero attached hydrogens (tertiary/aromatic N) is 2. The van der Waals surface area contributed by atoms with Crippen molar-refractivity contribution in [2.75, 3.05) is 44.8 Å². The predicted octanol–water partition coefficient (Wildman–Crippen LogP) is -0.184. The van der Waals surface area contributed by atoms with Gasteiger partial charge >= 0.3 is 0 Å². The van der Waals surface area contributed by atoms with Crippen LogP contribution in [0.5, 0.6) is 0 Å². The Morgan fingerprint density at radius 2 is 1.92 bits per heavy atom. The lowest BCUT2D eigenvalue weighted by Crippen LogP contribution is -2.41. The highest BCUT2D eigenvalue weighted by Gasteiger charge is 2.31. The molecule has 1 saturated heterocycles. The van der Waals surface area contributed by atoms with E-state index in [-0.39, 0.29) is 24.8 Å². The molecule has 1 fully saturated rings. The maximum Gasteiger partial charge on any atom is 0.277 e. The van der Waals surface area contributed by atoms with E-state index in [1.165, 1.54) is 6.08 Å². The minimum Gasteiger partial charge on any atom is -0.395 e. The van der Waals surface area contributed by atoms with E-state index in [4.69, 9.17) is 9.84 Å². The number of hydrogen-bond donors (Lipinski definition) is 2. The van der Waals surface area contributed by atoms with E-state index in [0.717, 1.165) is 4.90 Å². The second-order valence-electron chi connectivity index (χ2n) is 5.65. The van der Waals surface area contributed by atoms with Gasteiger partial charge in [0.05, 0.1) is 37.6 Å². The summed E-state index contributed by atoms with van der Waals surface area (Å²) in [6.45, 7) is 1.65. The van der Waals surface area contributed by atoms with E-state index in [9.17, 15) is 14.4 Å². The Morgan fingerprint density at radius 1 is 1.20 bits per heavy atom. The lowest BCUT2D eigenvalue weighted by atomic mass is 10.1. The van der Waals surface area contributed by atoms with Crippen molar-refractivity contribution in [3.05, 3.63) is 41.6 Å². The largest absolute Gasteiger partial charge is 0.395 e. The molecule has 1 aromatic carbocycles. The minimum absolute atomic E-state index is 0.0618. The molecule has 2 heterocycles. The molecule has 0 unspecified atom stereocenters. The lowest BCUT2D eigenvalue weighted by Gasteiger charge is -2.27. The smallest absolute Gasteiger partial charge is 0.277 e. The number of ether oxygens (including phenoxy) is 1. The highest BCUT2D eigenvalue weighted by molar-refractivity contribution is 6.17. The van der Waals surface area contributed by atoms with Gasteiger partial charge in [-0.3, -0.25) is 19.3 Å². The van der Waals surface area contributed by atoms with Crippen molar-refractivity contribution in [1.29, 1.82) is 0 Å². The summed E-state index contributed by atoms with van der Waals surface area (Å²) in [7, 11) is 0. The van der Waals surface area contributed by atoms with Gasteiger partial charge in [-0.05, 0) is 12.1 Å². The first-order valence-corrected chi connectivity index (χ1v) is 8.03. The van der Waals surface area contributed by atoms with E-state index >= 15 is 0 Å². The zero-order chi connectivity index (χ0) is 17.8. The Balaban J connectivity index is 1.80. The van der Waals surface area contributed by atoms with Gasteiger partial charge in [0.15, 0.2) is 0 Å². The highest BCUT2D eigenvalue weighted by Crippen LogP contribution is 2.22. The molecule has 3 amide bonds. The van der Waals surface area contributed by atoms with Crippen molar-refractivity contribution in [2.24, 2.45) is 0 Å². The number of nitrogens with one attached hydrogen (secondary N) is 1. The third kappa shape index (κ3) is 3.54. The number of benzene rings is 1. The van der Waals surface area contributed by atoms with Gasteiger partial charge in [-0.1, -0.05) is 12.1 Å². The number of β-amino-alcohol motifs (C(OH)–C–C–N with tert-alkyl or cyclic N) is 1. The monoisotopic (exact) mass is 345 g/mol. The van der Waals surface area contributed by atoms with Crippen LogP contribution < -0.4 is 5.32 Å². The van der Waals surface area contributed by atoms with Gasteiger partial charge in [-0.15, -0.1) is 0 Å². The van der Waals surface area contributed by atoms with E-state index in [1.54, 1.807) is 29.2 Å². The molecule has 2 aliphatic rings. The van der Waals surface area contributed by atoms with Crippen LogP contribution >= 0.6 is 0 Å². The molecule has 1 aromatic rings. The maximum atomic E-state index is 12.7. The molecule has 0 aliphatic carbocycles. The molecule has 0 aromatic heterocycles. The molecule has 3 rings (SSSR count). The van der Waals surface area contributed by atoms with Crippen molar-refractivity contribution in [3.8, 4) is 0 Å². The summed E-state index contributed by atoms with van der Waals surface area (Å²) < 4.78 is 5.26. The van der Waals surface area contributed by atoms with Gasteiger partial charge in [0.1, 0.15) is 5.70 Å². The number of imide groups is 1. The molecule has 25 heavy (non-hydrogen) atoms. The molecule has 2 N–H and O–H groups in total. The summed E-state index contributed by atoms with van der Waals surface area (Å²) in [6, 6.07) is 6.84. The molecule has 132 valence electrons. The van der Waals surface area contributed by atoms with Gasteiger partial charge < -0.3 is 20.1 Å². The van der Waals surface area contributed by atoms with Crippen molar-refractivity contribution >= 4 is 23.4 Å². The Bertz CT molecular complexity index is 725. The van der Waals surface area contributed by atoms with Gasteiger partial charge in [0.25, 0.3) is 17.7 Å². The van der Waals surface area contributed by atoms with Gasteiger partial charge in [-0.25, -0.2) is 0 Å². The topological polar surface area (TPSA) is 99.2 Å². The number of carbonyl (C=O) groups is 3. The van der Waals surface area contributed by atoms with Crippen LogP contribution in [0.3, 0.4) is 0 Å². The normalized spacial score (nSPS) is 17.7. The van der Waals surface area contributed by atoms with Crippen LogP contribution in [0.15, 0.2) is 36.0 Å². The standard InChI is InChI=1S/C17H19N3O5/c21-8-5-20-15(22)11-14(17(20)24)18-13-4-2-1-3-12(13)16(23)19-6-9-25-10-7-19/h1-4,11,18,21H,5-10H2. The first-order chi connectivity index (χ1) is 12.1. The van der Waals surface area contributed by atoms with Crippen LogP contribution in [0, 0.1) is 0 Å². The van der Waals surface area contributed by atoms with Crippen molar-refractivity contribution < 1.29 is 24.2 Å². The third-order valence-corrected chi connectivity index (χ3v) is 4.06. The van der Waals surface area contributed by atoms with Crippen molar-refractivity contribution in [2.45, 2.75) is 0 Å². The summed E-state index contributed by atoms with van der Waals surface area (Å²) >= 11 is 0. The molecular weight excluding hydrogens is 326 g/mol. The Hall–Kier alpha value is -2.71. The summed E-state index contributed by atoms with van der Waals surface area (Å²) in [6.07, 6.45) is 1.17. The first-order valence-electron chi connectivity index (χ1n) is 8.03. The maximum absolute atomic E-state index is 12.7. The van der Waals surface area contributed by atoms with E-state index in [0.29, 0.717) is 37.6 Å². The average molecular weight is 345 g/mol. The SMILES string of the molecule is O=C(c1ccccc1NC1=CC(=O)N(CCO)C1=O)N1CCOCC1. The minimum atomic E-state index is -0.521. The number of anilines is 1. The number of rotatable bonds is 5.